The summed E-state index contributed by atoms with van der Waals surface area (Å²) >= 11 is 5.59. The molecule has 1 heterocycles. The molecule has 0 saturated carbocycles. The fourth-order valence-corrected chi connectivity index (χ4v) is 3.71. The lowest BCUT2D eigenvalue weighted by Crippen LogP contribution is -2.20. The first-order chi connectivity index (χ1) is 14.0. The minimum atomic E-state index is 0.558. The largest absolute Gasteiger partial charge is 0.332 e. The Hall–Kier alpha value is -3.18. The molecule has 0 saturated heterocycles. The summed E-state index contributed by atoms with van der Waals surface area (Å²) in [5.41, 5.74) is 6.41. The Labute approximate surface area is 176 Å². The van der Waals surface area contributed by atoms with Crippen molar-refractivity contribution in [3.05, 3.63) is 89.2 Å². The van der Waals surface area contributed by atoms with E-state index in [1.165, 1.54) is 16.5 Å². The first-order valence-corrected chi connectivity index (χ1v) is 10.1. The van der Waals surface area contributed by atoms with Gasteiger partial charge in [-0.15, -0.1) is 0 Å². The lowest BCUT2D eigenvalue weighted by Gasteiger charge is -2.13. The maximum absolute atomic E-state index is 5.59. The second-order valence-corrected chi connectivity index (χ2v) is 7.70. The highest BCUT2D eigenvalue weighted by molar-refractivity contribution is 7.80. The van der Waals surface area contributed by atoms with Gasteiger partial charge in [0.25, 0.3) is 0 Å². The van der Waals surface area contributed by atoms with Crippen molar-refractivity contribution in [1.29, 1.82) is 0 Å². The van der Waals surface area contributed by atoms with Gasteiger partial charge in [0.15, 0.2) is 5.11 Å². The molecule has 0 fully saturated rings. The highest BCUT2D eigenvalue weighted by atomic mass is 32.1. The molecule has 0 radical (unpaired) electrons. The highest BCUT2D eigenvalue weighted by Gasteiger charge is 2.13. The van der Waals surface area contributed by atoms with Gasteiger partial charge in [-0.2, -0.15) is 5.10 Å². The van der Waals surface area contributed by atoms with Gasteiger partial charge in [0.2, 0.25) is 0 Å². The molecule has 1 aromatic heterocycles. The molecule has 5 heteroatoms. The standard InChI is InChI=1S/C24H24N4S/c1-16-11-13-19(14-12-16)15-28-18(3)23(17(2)27-28)26-24(29)25-22-10-6-8-20-7-4-5-9-21(20)22/h4-14H,15H2,1-3H3,(H2,25,26,29). The number of nitrogens with zero attached hydrogens (tertiary/aromatic N) is 2. The van der Waals surface area contributed by atoms with Crippen molar-refractivity contribution >= 4 is 39.5 Å². The second kappa shape index (κ2) is 8.05. The number of hydrogen-bond donors (Lipinski definition) is 2. The zero-order chi connectivity index (χ0) is 20.4. The molecule has 0 spiro atoms. The average molecular weight is 401 g/mol. The summed E-state index contributed by atoms with van der Waals surface area (Å²) in [6, 6.07) is 23.0. The van der Waals surface area contributed by atoms with Crippen molar-refractivity contribution in [3.63, 3.8) is 0 Å². The lowest BCUT2D eigenvalue weighted by atomic mass is 10.1. The van der Waals surface area contributed by atoms with E-state index in [1.54, 1.807) is 0 Å². The van der Waals surface area contributed by atoms with Gasteiger partial charge in [-0.1, -0.05) is 66.2 Å². The molecule has 0 aliphatic heterocycles. The van der Waals surface area contributed by atoms with E-state index in [-0.39, 0.29) is 0 Å². The molecule has 0 aliphatic rings. The number of nitrogens with one attached hydrogen (secondary N) is 2. The van der Waals surface area contributed by atoms with Gasteiger partial charge in [0, 0.05) is 11.1 Å². The van der Waals surface area contributed by atoms with Crippen molar-refractivity contribution in [2.75, 3.05) is 10.6 Å². The monoisotopic (exact) mass is 400 g/mol. The number of benzene rings is 3. The van der Waals surface area contributed by atoms with E-state index in [1.807, 2.05) is 35.9 Å². The van der Waals surface area contributed by atoms with E-state index in [0.29, 0.717) is 5.11 Å². The molecule has 29 heavy (non-hydrogen) atoms. The molecule has 0 atom stereocenters. The van der Waals surface area contributed by atoms with Crippen LogP contribution in [0.5, 0.6) is 0 Å². The molecular formula is C24H24N4S. The van der Waals surface area contributed by atoms with Crippen molar-refractivity contribution in [3.8, 4) is 0 Å². The zero-order valence-corrected chi connectivity index (χ0v) is 17.7. The number of rotatable bonds is 4. The third-order valence-corrected chi connectivity index (χ3v) is 5.31. The second-order valence-electron chi connectivity index (χ2n) is 7.29. The summed E-state index contributed by atoms with van der Waals surface area (Å²) in [7, 11) is 0. The lowest BCUT2D eigenvalue weighted by molar-refractivity contribution is 0.659. The minimum absolute atomic E-state index is 0.558. The molecule has 4 aromatic rings. The van der Waals surface area contributed by atoms with E-state index in [4.69, 9.17) is 17.3 Å². The Morgan fingerprint density at radius 2 is 1.62 bits per heavy atom. The molecule has 0 amide bonds. The van der Waals surface area contributed by atoms with E-state index >= 15 is 0 Å². The Kier molecular flexibility index (Phi) is 5.32. The predicted octanol–water partition coefficient (Wildman–Crippen LogP) is 5.82. The first-order valence-electron chi connectivity index (χ1n) is 9.66. The van der Waals surface area contributed by atoms with Crippen LogP contribution < -0.4 is 10.6 Å². The number of aryl methyl sites for hydroxylation is 2. The number of thiocarbonyl (C=S) groups is 1. The topological polar surface area (TPSA) is 41.9 Å². The van der Waals surface area contributed by atoms with Crippen LogP contribution in [0, 0.1) is 20.8 Å². The number of fused-ring (bicyclic) bond motifs is 1. The third kappa shape index (κ3) is 4.15. The quantitative estimate of drug-likeness (QED) is 0.424. The van der Waals surface area contributed by atoms with Gasteiger partial charge in [-0.3, -0.25) is 4.68 Å². The van der Waals surface area contributed by atoms with Crippen molar-refractivity contribution in [1.82, 2.24) is 9.78 Å². The maximum Gasteiger partial charge on any atom is 0.175 e. The van der Waals surface area contributed by atoms with Crippen LogP contribution in [0.1, 0.15) is 22.5 Å². The minimum Gasteiger partial charge on any atom is -0.332 e. The molecule has 146 valence electrons. The number of hydrogen-bond acceptors (Lipinski definition) is 2. The van der Waals surface area contributed by atoms with Crippen molar-refractivity contribution in [2.24, 2.45) is 0 Å². The van der Waals surface area contributed by atoms with Crippen LogP contribution in [0.3, 0.4) is 0 Å². The Morgan fingerprint density at radius 3 is 2.41 bits per heavy atom. The molecular weight excluding hydrogens is 376 g/mol. The Bertz CT molecular complexity index is 1170. The normalized spacial score (nSPS) is 10.9. The Balaban J connectivity index is 1.52. The summed E-state index contributed by atoms with van der Waals surface area (Å²) < 4.78 is 2.02. The van der Waals surface area contributed by atoms with E-state index in [0.717, 1.165) is 34.7 Å². The van der Waals surface area contributed by atoms with Crippen LogP contribution in [0.2, 0.25) is 0 Å². The molecule has 0 aliphatic carbocycles. The van der Waals surface area contributed by atoms with Crippen LogP contribution in [0.25, 0.3) is 10.8 Å². The van der Waals surface area contributed by atoms with Crippen LogP contribution in [-0.2, 0) is 6.54 Å². The number of aromatic nitrogens is 2. The van der Waals surface area contributed by atoms with Gasteiger partial charge in [-0.25, -0.2) is 0 Å². The van der Waals surface area contributed by atoms with Gasteiger partial charge in [0.05, 0.1) is 23.6 Å². The smallest absolute Gasteiger partial charge is 0.175 e. The summed E-state index contributed by atoms with van der Waals surface area (Å²) in [5, 5.41) is 14.3. The van der Waals surface area contributed by atoms with Gasteiger partial charge in [-0.05, 0) is 50.0 Å². The SMILES string of the molecule is Cc1ccc(Cn2nc(C)c(NC(=S)Nc3cccc4ccccc34)c2C)cc1. The molecule has 0 unspecified atom stereocenters. The van der Waals surface area contributed by atoms with Gasteiger partial charge < -0.3 is 10.6 Å². The summed E-state index contributed by atoms with van der Waals surface area (Å²) in [5.74, 6) is 0. The molecule has 3 aromatic carbocycles. The van der Waals surface area contributed by atoms with E-state index < -0.39 is 0 Å². The van der Waals surface area contributed by atoms with Crippen LogP contribution in [0.15, 0.2) is 66.7 Å². The predicted molar refractivity (Wildman–Crippen MR) is 126 cm³/mol. The van der Waals surface area contributed by atoms with Crippen LogP contribution in [-0.4, -0.2) is 14.9 Å². The summed E-state index contributed by atoms with van der Waals surface area (Å²) in [6.07, 6.45) is 0. The van der Waals surface area contributed by atoms with Crippen molar-refractivity contribution in [2.45, 2.75) is 27.3 Å². The van der Waals surface area contributed by atoms with Crippen LogP contribution >= 0.6 is 12.2 Å². The van der Waals surface area contributed by atoms with Gasteiger partial charge >= 0.3 is 0 Å². The molecule has 4 nitrogen and oxygen atoms in total. The summed E-state index contributed by atoms with van der Waals surface area (Å²) in [4.78, 5) is 0. The van der Waals surface area contributed by atoms with Gasteiger partial charge in [0.1, 0.15) is 0 Å². The average Bonchev–Trinajstić information content (AvgIpc) is 2.97. The molecule has 0 bridgehead atoms. The molecule has 2 N–H and O–H groups in total. The van der Waals surface area contributed by atoms with Crippen molar-refractivity contribution < 1.29 is 0 Å². The fraction of sp³-hybridized carbons (Fsp3) is 0.167. The summed E-state index contributed by atoms with van der Waals surface area (Å²) in [6.45, 7) is 6.90. The highest BCUT2D eigenvalue weighted by Crippen LogP contribution is 2.24. The van der Waals surface area contributed by atoms with E-state index in [2.05, 4.69) is 66.9 Å². The zero-order valence-electron chi connectivity index (χ0n) is 16.9. The Morgan fingerprint density at radius 1 is 0.897 bits per heavy atom. The number of anilines is 2. The maximum atomic E-state index is 5.59. The third-order valence-electron chi connectivity index (χ3n) is 5.11. The van der Waals surface area contributed by atoms with Crippen LogP contribution in [0.4, 0.5) is 11.4 Å². The fourth-order valence-electron chi connectivity index (χ4n) is 3.50. The first kappa shape index (κ1) is 19.2. The molecule has 4 rings (SSSR count). The van der Waals surface area contributed by atoms with E-state index in [9.17, 15) is 0 Å².